The summed E-state index contributed by atoms with van der Waals surface area (Å²) < 4.78 is 10.9. The van der Waals surface area contributed by atoms with Gasteiger partial charge < -0.3 is 14.4 Å². The maximum absolute atomic E-state index is 12.6. The standard InChI is InChI=1S/C16H18ClNO4/c17-7-4-8-21-16(20)13-9-12-10-22-15(18(12)14(13)19)11-5-2-1-3-6-11/h1-3,5-6,12-13,15H,4,7-10H2. The first kappa shape index (κ1) is 15.3. The van der Waals surface area contributed by atoms with E-state index < -0.39 is 18.1 Å². The van der Waals surface area contributed by atoms with E-state index in [4.69, 9.17) is 21.1 Å². The molecule has 3 unspecified atom stereocenters. The first-order valence-electron chi connectivity index (χ1n) is 7.43. The van der Waals surface area contributed by atoms with Crippen molar-refractivity contribution in [2.75, 3.05) is 19.1 Å². The van der Waals surface area contributed by atoms with Gasteiger partial charge in [-0.25, -0.2) is 0 Å². The van der Waals surface area contributed by atoms with Gasteiger partial charge >= 0.3 is 5.97 Å². The average molecular weight is 324 g/mol. The van der Waals surface area contributed by atoms with Crippen molar-refractivity contribution in [3.8, 4) is 0 Å². The Hall–Kier alpha value is -1.59. The molecule has 2 aliphatic heterocycles. The quantitative estimate of drug-likeness (QED) is 0.360. The molecule has 0 aliphatic carbocycles. The van der Waals surface area contributed by atoms with Crippen LogP contribution in [0.25, 0.3) is 0 Å². The van der Waals surface area contributed by atoms with E-state index in [9.17, 15) is 9.59 Å². The summed E-state index contributed by atoms with van der Waals surface area (Å²) in [6.07, 6.45) is 0.651. The fourth-order valence-electron chi connectivity index (χ4n) is 2.98. The fraction of sp³-hybridized carbons (Fsp3) is 0.500. The maximum atomic E-state index is 12.6. The smallest absolute Gasteiger partial charge is 0.318 e. The van der Waals surface area contributed by atoms with Gasteiger partial charge in [-0.15, -0.1) is 11.6 Å². The summed E-state index contributed by atoms with van der Waals surface area (Å²) >= 11 is 5.56. The molecule has 0 bridgehead atoms. The van der Waals surface area contributed by atoms with Crippen LogP contribution < -0.4 is 0 Å². The number of rotatable bonds is 5. The highest BCUT2D eigenvalue weighted by Crippen LogP contribution is 2.39. The molecule has 2 aliphatic rings. The van der Waals surface area contributed by atoms with Gasteiger partial charge in [0, 0.05) is 11.4 Å². The number of fused-ring (bicyclic) bond motifs is 1. The molecule has 3 atom stereocenters. The third-order valence-corrected chi connectivity index (χ3v) is 4.31. The molecule has 1 aromatic carbocycles. The second-order valence-corrected chi connectivity index (χ2v) is 5.87. The number of nitrogens with zero attached hydrogens (tertiary/aromatic N) is 1. The van der Waals surface area contributed by atoms with Crippen LogP contribution in [0.15, 0.2) is 30.3 Å². The summed E-state index contributed by atoms with van der Waals surface area (Å²) in [4.78, 5) is 26.3. The fourth-order valence-corrected chi connectivity index (χ4v) is 3.09. The molecule has 22 heavy (non-hydrogen) atoms. The van der Waals surface area contributed by atoms with Crippen molar-refractivity contribution >= 4 is 23.5 Å². The van der Waals surface area contributed by atoms with Crippen LogP contribution in [0.4, 0.5) is 0 Å². The number of ether oxygens (including phenoxy) is 2. The lowest BCUT2D eigenvalue weighted by Gasteiger charge is -2.23. The number of hydrogen-bond donors (Lipinski definition) is 0. The van der Waals surface area contributed by atoms with Gasteiger partial charge in [-0.2, -0.15) is 0 Å². The van der Waals surface area contributed by atoms with Crippen molar-refractivity contribution < 1.29 is 19.1 Å². The molecule has 2 heterocycles. The van der Waals surface area contributed by atoms with Crippen molar-refractivity contribution in [1.29, 1.82) is 0 Å². The molecule has 0 aromatic heterocycles. The van der Waals surface area contributed by atoms with Gasteiger partial charge in [0.1, 0.15) is 5.92 Å². The monoisotopic (exact) mass is 323 g/mol. The van der Waals surface area contributed by atoms with E-state index in [0.717, 1.165) is 5.56 Å². The maximum Gasteiger partial charge on any atom is 0.318 e. The Labute approximate surface area is 134 Å². The number of esters is 1. The third-order valence-electron chi connectivity index (χ3n) is 4.04. The lowest BCUT2D eigenvalue weighted by Crippen LogP contribution is -2.34. The molecule has 1 aromatic rings. The molecule has 3 rings (SSSR count). The minimum atomic E-state index is -0.713. The SMILES string of the molecule is O=C(OCCCCl)C1CC2COC(c3ccccc3)N2C1=O. The summed E-state index contributed by atoms with van der Waals surface area (Å²) in [5.74, 6) is -0.927. The molecular formula is C16H18ClNO4. The Balaban J connectivity index is 1.69. The van der Waals surface area contributed by atoms with Crippen LogP contribution in [0.5, 0.6) is 0 Å². The summed E-state index contributed by atoms with van der Waals surface area (Å²) in [5.41, 5.74) is 0.925. The Morgan fingerprint density at radius 1 is 1.36 bits per heavy atom. The van der Waals surface area contributed by atoms with Gasteiger partial charge in [0.15, 0.2) is 6.23 Å². The first-order chi connectivity index (χ1) is 10.7. The van der Waals surface area contributed by atoms with E-state index in [-0.39, 0.29) is 18.6 Å². The van der Waals surface area contributed by atoms with E-state index in [1.165, 1.54) is 0 Å². The normalized spacial score (nSPS) is 27.0. The number of amides is 1. The second-order valence-electron chi connectivity index (χ2n) is 5.49. The van der Waals surface area contributed by atoms with Crippen molar-refractivity contribution in [3.63, 3.8) is 0 Å². The minimum Gasteiger partial charge on any atom is -0.465 e. The van der Waals surface area contributed by atoms with E-state index in [2.05, 4.69) is 0 Å². The highest BCUT2D eigenvalue weighted by molar-refractivity contribution is 6.17. The zero-order valence-electron chi connectivity index (χ0n) is 12.1. The van der Waals surface area contributed by atoms with Gasteiger partial charge in [-0.1, -0.05) is 30.3 Å². The second kappa shape index (κ2) is 6.67. The predicted molar refractivity (Wildman–Crippen MR) is 80.2 cm³/mol. The Bertz CT molecular complexity index is 550. The molecule has 5 nitrogen and oxygen atoms in total. The van der Waals surface area contributed by atoms with E-state index in [1.54, 1.807) is 4.90 Å². The van der Waals surface area contributed by atoms with Crippen LogP contribution in [0.3, 0.4) is 0 Å². The molecule has 0 N–H and O–H groups in total. The Kier molecular flexibility index (Phi) is 4.64. The van der Waals surface area contributed by atoms with Crippen LogP contribution in [-0.4, -0.2) is 41.9 Å². The molecule has 6 heteroatoms. The van der Waals surface area contributed by atoms with Gasteiger partial charge in [0.2, 0.25) is 5.91 Å². The minimum absolute atomic E-state index is 0.0525. The summed E-state index contributed by atoms with van der Waals surface area (Å²) in [6, 6.07) is 9.52. The van der Waals surface area contributed by atoms with Crippen LogP contribution in [0.1, 0.15) is 24.6 Å². The lowest BCUT2D eigenvalue weighted by atomic mass is 10.1. The highest BCUT2D eigenvalue weighted by Gasteiger charge is 2.51. The summed E-state index contributed by atoms with van der Waals surface area (Å²) in [5, 5.41) is 0. The average Bonchev–Trinajstić information content (AvgIpc) is 3.09. The zero-order chi connectivity index (χ0) is 15.5. The van der Waals surface area contributed by atoms with Crippen molar-refractivity contribution in [2.45, 2.75) is 25.1 Å². The Morgan fingerprint density at radius 3 is 2.86 bits per heavy atom. The highest BCUT2D eigenvalue weighted by atomic mass is 35.5. The van der Waals surface area contributed by atoms with Crippen LogP contribution in [-0.2, 0) is 19.1 Å². The molecule has 0 radical (unpaired) electrons. The number of benzene rings is 1. The Morgan fingerprint density at radius 2 is 2.14 bits per heavy atom. The molecule has 0 saturated carbocycles. The van der Waals surface area contributed by atoms with Gasteiger partial charge in [-0.3, -0.25) is 9.59 Å². The zero-order valence-corrected chi connectivity index (χ0v) is 12.9. The molecular weight excluding hydrogens is 306 g/mol. The lowest BCUT2D eigenvalue weighted by molar-refractivity contribution is -0.154. The topological polar surface area (TPSA) is 55.8 Å². The van der Waals surface area contributed by atoms with Crippen LogP contribution in [0, 0.1) is 5.92 Å². The number of carbonyl (C=O) groups is 2. The first-order valence-corrected chi connectivity index (χ1v) is 7.97. The molecule has 2 fully saturated rings. The predicted octanol–water partition coefficient (Wildman–Crippen LogP) is 2.10. The summed E-state index contributed by atoms with van der Waals surface area (Å²) in [6.45, 7) is 0.714. The van der Waals surface area contributed by atoms with E-state index in [0.29, 0.717) is 25.3 Å². The van der Waals surface area contributed by atoms with Crippen LogP contribution in [0.2, 0.25) is 0 Å². The van der Waals surface area contributed by atoms with Gasteiger partial charge in [0.05, 0.1) is 19.3 Å². The third kappa shape index (κ3) is 2.83. The van der Waals surface area contributed by atoms with Gasteiger partial charge in [0.25, 0.3) is 0 Å². The number of hydrogen-bond acceptors (Lipinski definition) is 4. The van der Waals surface area contributed by atoms with Crippen molar-refractivity contribution in [2.24, 2.45) is 5.92 Å². The van der Waals surface area contributed by atoms with E-state index >= 15 is 0 Å². The number of alkyl halides is 1. The summed E-state index contributed by atoms with van der Waals surface area (Å²) in [7, 11) is 0. The van der Waals surface area contributed by atoms with Gasteiger partial charge in [-0.05, 0) is 12.8 Å². The van der Waals surface area contributed by atoms with Crippen LogP contribution >= 0.6 is 11.6 Å². The molecule has 1 amide bonds. The molecule has 0 spiro atoms. The largest absolute Gasteiger partial charge is 0.465 e. The molecule has 2 saturated heterocycles. The molecule has 118 valence electrons. The van der Waals surface area contributed by atoms with E-state index in [1.807, 2.05) is 30.3 Å². The van der Waals surface area contributed by atoms with Crippen molar-refractivity contribution in [1.82, 2.24) is 4.90 Å². The number of carbonyl (C=O) groups excluding carboxylic acids is 2. The van der Waals surface area contributed by atoms with Crippen molar-refractivity contribution in [3.05, 3.63) is 35.9 Å². The number of halogens is 1.